The predicted molar refractivity (Wildman–Crippen MR) is 253 cm³/mol. The second kappa shape index (κ2) is 52.5. The topological polar surface area (TPSA) is 26.3 Å². The fourth-order valence-electron chi connectivity index (χ4n) is 8.73. The average molecular weight is 789 g/mol. The Bertz CT molecular complexity index is 688. The number of hydrogen-bond acceptors (Lipinski definition) is 2. The normalized spacial score (nSPS) is 11.5. The van der Waals surface area contributed by atoms with Gasteiger partial charge in [-0.2, -0.15) is 0 Å². The maximum atomic E-state index is 12.0. The molecule has 0 saturated carbocycles. The summed E-state index contributed by atoms with van der Waals surface area (Å²) in [7, 11) is 0. The zero-order valence-corrected chi connectivity index (χ0v) is 39.4. The van der Waals surface area contributed by atoms with E-state index >= 15 is 0 Å². The van der Waals surface area contributed by atoms with E-state index in [9.17, 15) is 4.79 Å². The molecule has 0 N–H and O–H groups in total. The SMILES string of the molecule is CCCCCCCCCCCCCCCCCCCCCCCCCCCCCCCCCCCCCC(=O)OCCCCCCCCCCCCCCCC. The molecule has 0 spiro atoms. The van der Waals surface area contributed by atoms with Crippen molar-refractivity contribution >= 4 is 5.97 Å². The maximum Gasteiger partial charge on any atom is 0.305 e. The van der Waals surface area contributed by atoms with Crippen LogP contribution in [0.15, 0.2) is 0 Å². The van der Waals surface area contributed by atoms with Crippen molar-refractivity contribution in [1.29, 1.82) is 0 Å². The van der Waals surface area contributed by atoms with Gasteiger partial charge in [-0.05, 0) is 12.8 Å². The lowest BCUT2D eigenvalue weighted by atomic mass is 10.0. The average Bonchev–Trinajstić information content (AvgIpc) is 3.20. The molecule has 56 heavy (non-hydrogen) atoms. The van der Waals surface area contributed by atoms with Gasteiger partial charge in [0, 0.05) is 6.42 Å². The number of esters is 1. The summed E-state index contributed by atoms with van der Waals surface area (Å²) in [5.74, 6) is 0.0331. The van der Waals surface area contributed by atoms with E-state index in [1.54, 1.807) is 0 Å². The lowest BCUT2D eigenvalue weighted by Gasteiger charge is -2.06. The van der Waals surface area contributed by atoms with Gasteiger partial charge in [0.15, 0.2) is 0 Å². The van der Waals surface area contributed by atoms with Crippen molar-refractivity contribution in [2.24, 2.45) is 0 Å². The Morgan fingerprint density at radius 1 is 0.232 bits per heavy atom. The molecule has 0 rings (SSSR count). The molecule has 0 radical (unpaired) electrons. The standard InChI is InChI=1S/C54H108O2/c1-3-5-7-9-11-13-15-17-19-20-21-22-23-24-25-26-27-28-29-30-31-32-33-34-35-36-37-38-39-40-42-44-46-48-50-52-54(55)56-53-51-49-47-45-43-41-18-16-14-12-10-8-6-4-2/h3-53H2,1-2H3. The van der Waals surface area contributed by atoms with E-state index in [0.29, 0.717) is 13.0 Å². The molecular formula is C54H108O2. The third-order valence-corrected chi connectivity index (χ3v) is 12.7. The minimum Gasteiger partial charge on any atom is -0.466 e. The summed E-state index contributed by atoms with van der Waals surface area (Å²) >= 11 is 0. The van der Waals surface area contributed by atoms with Gasteiger partial charge < -0.3 is 4.74 Å². The molecule has 2 heteroatoms. The largest absolute Gasteiger partial charge is 0.466 e. The fourth-order valence-corrected chi connectivity index (χ4v) is 8.73. The second-order valence-corrected chi connectivity index (χ2v) is 18.6. The second-order valence-electron chi connectivity index (χ2n) is 18.6. The summed E-state index contributed by atoms with van der Waals surface area (Å²) < 4.78 is 5.48. The number of unbranched alkanes of at least 4 members (excludes halogenated alkanes) is 47. The zero-order valence-electron chi connectivity index (χ0n) is 39.4. The Balaban J connectivity index is 3.12. The molecular weight excluding hydrogens is 681 g/mol. The summed E-state index contributed by atoms with van der Waals surface area (Å²) in [6.45, 7) is 5.24. The minimum atomic E-state index is 0.0331. The third-order valence-electron chi connectivity index (χ3n) is 12.7. The highest BCUT2D eigenvalue weighted by atomic mass is 16.5. The van der Waals surface area contributed by atoms with Crippen LogP contribution in [-0.2, 0) is 9.53 Å². The quantitative estimate of drug-likeness (QED) is 0.0453. The molecule has 0 amide bonds. The summed E-state index contributed by atoms with van der Waals surface area (Å²) in [6.07, 6.45) is 69.9. The van der Waals surface area contributed by atoms with E-state index in [2.05, 4.69) is 13.8 Å². The van der Waals surface area contributed by atoms with Gasteiger partial charge >= 0.3 is 5.97 Å². The van der Waals surface area contributed by atoms with E-state index in [0.717, 1.165) is 12.8 Å². The molecule has 0 aliphatic heterocycles. The monoisotopic (exact) mass is 789 g/mol. The molecule has 0 saturated heterocycles. The van der Waals surface area contributed by atoms with Crippen LogP contribution < -0.4 is 0 Å². The van der Waals surface area contributed by atoms with Crippen molar-refractivity contribution in [1.82, 2.24) is 0 Å². The highest BCUT2D eigenvalue weighted by molar-refractivity contribution is 5.69. The van der Waals surface area contributed by atoms with Crippen molar-refractivity contribution in [2.45, 2.75) is 335 Å². The molecule has 0 aromatic heterocycles. The van der Waals surface area contributed by atoms with Gasteiger partial charge in [-0.3, -0.25) is 4.79 Å². The number of rotatable bonds is 51. The molecule has 0 aliphatic carbocycles. The fraction of sp³-hybridized carbons (Fsp3) is 0.981. The number of ether oxygens (including phenoxy) is 1. The van der Waals surface area contributed by atoms with Crippen LogP contribution >= 0.6 is 0 Å². The van der Waals surface area contributed by atoms with Crippen LogP contribution in [0.4, 0.5) is 0 Å². The van der Waals surface area contributed by atoms with Crippen molar-refractivity contribution in [3.8, 4) is 0 Å². The molecule has 2 nitrogen and oxygen atoms in total. The molecule has 0 aromatic carbocycles. The summed E-state index contributed by atoms with van der Waals surface area (Å²) in [6, 6.07) is 0. The van der Waals surface area contributed by atoms with Crippen LogP contribution in [0.1, 0.15) is 335 Å². The first-order chi connectivity index (χ1) is 27.8. The molecule has 0 fully saturated rings. The minimum absolute atomic E-state index is 0.0331. The Hall–Kier alpha value is -0.530. The Morgan fingerprint density at radius 3 is 0.589 bits per heavy atom. The van der Waals surface area contributed by atoms with Crippen LogP contribution in [0.3, 0.4) is 0 Å². The van der Waals surface area contributed by atoms with Crippen molar-refractivity contribution in [3.05, 3.63) is 0 Å². The number of carbonyl (C=O) groups is 1. The zero-order chi connectivity index (χ0) is 40.3. The first-order valence-corrected chi connectivity index (χ1v) is 27.0. The number of carbonyl (C=O) groups excluding carboxylic acids is 1. The molecule has 0 atom stereocenters. The van der Waals surface area contributed by atoms with Crippen LogP contribution in [0.2, 0.25) is 0 Å². The Morgan fingerprint density at radius 2 is 0.393 bits per heavy atom. The first-order valence-electron chi connectivity index (χ1n) is 27.0. The summed E-state index contributed by atoms with van der Waals surface area (Å²) in [5, 5.41) is 0. The highest BCUT2D eigenvalue weighted by Crippen LogP contribution is 2.18. The predicted octanol–water partition coefficient (Wildman–Crippen LogP) is 20.1. The van der Waals surface area contributed by atoms with E-state index in [1.165, 1.54) is 302 Å². The van der Waals surface area contributed by atoms with E-state index in [4.69, 9.17) is 4.74 Å². The first kappa shape index (κ1) is 55.5. The Kier molecular flexibility index (Phi) is 52.0. The van der Waals surface area contributed by atoms with E-state index < -0.39 is 0 Å². The van der Waals surface area contributed by atoms with Crippen LogP contribution in [0, 0.1) is 0 Å². The van der Waals surface area contributed by atoms with E-state index in [1.807, 2.05) is 0 Å². The van der Waals surface area contributed by atoms with Crippen LogP contribution in [0.5, 0.6) is 0 Å². The van der Waals surface area contributed by atoms with Crippen molar-refractivity contribution in [3.63, 3.8) is 0 Å². The van der Waals surface area contributed by atoms with Gasteiger partial charge in [0.2, 0.25) is 0 Å². The van der Waals surface area contributed by atoms with Crippen LogP contribution in [-0.4, -0.2) is 12.6 Å². The van der Waals surface area contributed by atoms with Crippen molar-refractivity contribution < 1.29 is 9.53 Å². The smallest absolute Gasteiger partial charge is 0.305 e. The van der Waals surface area contributed by atoms with E-state index in [-0.39, 0.29) is 5.97 Å². The van der Waals surface area contributed by atoms with Gasteiger partial charge in [0.1, 0.15) is 0 Å². The lowest BCUT2D eigenvalue weighted by molar-refractivity contribution is -0.143. The highest BCUT2D eigenvalue weighted by Gasteiger charge is 2.03. The van der Waals surface area contributed by atoms with Gasteiger partial charge in [0.05, 0.1) is 6.61 Å². The number of hydrogen-bond donors (Lipinski definition) is 0. The molecule has 336 valence electrons. The van der Waals surface area contributed by atoms with Crippen molar-refractivity contribution in [2.75, 3.05) is 6.61 Å². The summed E-state index contributed by atoms with van der Waals surface area (Å²) in [4.78, 5) is 12.0. The van der Waals surface area contributed by atoms with Crippen LogP contribution in [0.25, 0.3) is 0 Å². The molecule has 0 unspecified atom stereocenters. The Labute approximate surface area is 355 Å². The molecule has 0 aliphatic rings. The van der Waals surface area contributed by atoms with Gasteiger partial charge in [-0.15, -0.1) is 0 Å². The summed E-state index contributed by atoms with van der Waals surface area (Å²) in [5.41, 5.74) is 0. The lowest BCUT2D eigenvalue weighted by Crippen LogP contribution is -2.05. The van der Waals surface area contributed by atoms with Gasteiger partial charge in [0.25, 0.3) is 0 Å². The molecule has 0 bridgehead atoms. The van der Waals surface area contributed by atoms with Gasteiger partial charge in [-0.25, -0.2) is 0 Å². The third kappa shape index (κ3) is 51.5. The van der Waals surface area contributed by atoms with Gasteiger partial charge in [-0.1, -0.05) is 316 Å². The maximum absolute atomic E-state index is 12.0. The molecule has 0 aromatic rings. The molecule has 0 heterocycles.